The van der Waals surface area contributed by atoms with Crippen molar-refractivity contribution in [1.82, 2.24) is 4.90 Å². The molecule has 0 atom stereocenters. The molecule has 0 radical (unpaired) electrons. The number of nitriles is 1. The maximum Gasteiger partial charge on any atom is 0.267 e. The maximum absolute atomic E-state index is 13.3. The van der Waals surface area contributed by atoms with Gasteiger partial charge in [0.15, 0.2) is 5.17 Å². The molecule has 1 aromatic heterocycles. The minimum atomic E-state index is -0.125. The molecular weight excluding hydrogens is 470 g/mol. The van der Waals surface area contributed by atoms with Crippen LogP contribution in [-0.4, -0.2) is 16.0 Å². The minimum absolute atomic E-state index is 0.125. The maximum atomic E-state index is 13.3. The number of ether oxygens (including phenoxy) is 1. The van der Waals surface area contributed by atoms with Gasteiger partial charge in [0.05, 0.1) is 35.0 Å². The first-order chi connectivity index (χ1) is 17.7. The first-order valence-electron chi connectivity index (χ1n) is 11.3. The van der Waals surface area contributed by atoms with E-state index >= 15 is 0 Å². The van der Waals surface area contributed by atoms with Crippen LogP contribution in [0.5, 0.6) is 5.75 Å². The number of thioether (sulfide) groups is 1. The lowest BCUT2D eigenvalue weighted by atomic mass is 10.1. The van der Waals surface area contributed by atoms with Gasteiger partial charge in [0, 0.05) is 5.56 Å². The fourth-order valence-electron chi connectivity index (χ4n) is 3.63. The Morgan fingerprint density at radius 1 is 0.972 bits per heavy atom. The summed E-state index contributed by atoms with van der Waals surface area (Å²) in [7, 11) is 0. The van der Waals surface area contributed by atoms with E-state index in [0.29, 0.717) is 40.3 Å². The van der Waals surface area contributed by atoms with Crippen molar-refractivity contribution in [2.45, 2.75) is 13.2 Å². The Kier molecular flexibility index (Phi) is 6.97. The van der Waals surface area contributed by atoms with Crippen molar-refractivity contribution in [2.75, 3.05) is 0 Å². The van der Waals surface area contributed by atoms with E-state index in [0.717, 1.165) is 16.8 Å². The topological polar surface area (TPSA) is 78.8 Å². The Morgan fingerprint density at radius 3 is 2.50 bits per heavy atom. The summed E-state index contributed by atoms with van der Waals surface area (Å²) < 4.78 is 11.3. The molecule has 3 aromatic carbocycles. The van der Waals surface area contributed by atoms with Gasteiger partial charge < -0.3 is 9.15 Å². The van der Waals surface area contributed by atoms with Crippen molar-refractivity contribution in [3.05, 3.63) is 125 Å². The Hall–Kier alpha value is -4.54. The summed E-state index contributed by atoms with van der Waals surface area (Å²) in [6.07, 6.45) is 3.45. The van der Waals surface area contributed by atoms with Crippen molar-refractivity contribution in [2.24, 2.45) is 4.99 Å². The minimum Gasteiger partial charge on any atom is -0.489 e. The summed E-state index contributed by atoms with van der Waals surface area (Å²) in [4.78, 5) is 20.2. The number of furan rings is 1. The molecule has 0 N–H and O–H groups in total. The van der Waals surface area contributed by atoms with Crippen molar-refractivity contribution in [3.63, 3.8) is 0 Å². The number of carbonyl (C=O) groups is 1. The highest BCUT2D eigenvalue weighted by Gasteiger charge is 2.34. The van der Waals surface area contributed by atoms with Gasteiger partial charge in [-0.25, -0.2) is 4.99 Å². The van der Waals surface area contributed by atoms with Crippen LogP contribution < -0.4 is 4.74 Å². The number of hydrogen-bond donors (Lipinski definition) is 0. The summed E-state index contributed by atoms with van der Waals surface area (Å²) >= 11 is 1.34. The first-order valence-corrected chi connectivity index (χ1v) is 12.1. The van der Waals surface area contributed by atoms with E-state index in [-0.39, 0.29) is 5.91 Å². The third-order valence-electron chi connectivity index (χ3n) is 5.47. The number of amidine groups is 1. The van der Waals surface area contributed by atoms with E-state index in [9.17, 15) is 10.1 Å². The number of benzene rings is 3. The van der Waals surface area contributed by atoms with Crippen molar-refractivity contribution >= 4 is 34.6 Å². The van der Waals surface area contributed by atoms with E-state index in [1.54, 1.807) is 23.3 Å². The molecule has 2 heterocycles. The number of carbonyl (C=O) groups excluding carboxylic acids is 1. The monoisotopic (exact) mass is 491 g/mol. The zero-order chi connectivity index (χ0) is 24.7. The summed E-state index contributed by atoms with van der Waals surface area (Å²) in [5, 5.41) is 9.84. The normalized spacial score (nSPS) is 15.4. The molecule has 1 fully saturated rings. The van der Waals surface area contributed by atoms with E-state index in [2.05, 4.69) is 6.07 Å². The van der Waals surface area contributed by atoms with Crippen LogP contribution in [0.4, 0.5) is 5.69 Å². The summed E-state index contributed by atoms with van der Waals surface area (Å²) in [6.45, 7) is 0.609. The zero-order valence-electron chi connectivity index (χ0n) is 19.2. The van der Waals surface area contributed by atoms with Crippen LogP contribution in [0.3, 0.4) is 0 Å². The van der Waals surface area contributed by atoms with Crippen LogP contribution in [0.1, 0.15) is 22.5 Å². The van der Waals surface area contributed by atoms with Gasteiger partial charge in [-0.2, -0.15) is 5.26 Å². The molecule has 0 spiro atoms. The molecule has 7 heteroatoms. The predicted molar refractivity (Wildman–Crippen MR) is 140 cm³/mol. The molecule has 0 saturated carbocycles. The van der Waals surface area contributed by atoms with Crippen LogP contribution in [-0.2, 0) is 17.9 Å². The van der Waals surface area contributed by atoms with Crippen LogP contribution >= 0.6 is 11.8 Å². The van der Waals surface area contributed by atoms with E-state index in [1.807, 2.05) is 84.9 Å². The lowest BCUT2D eigenvalue weighted by Crippen LogP contribution is -2.28. The molecule has 6 nitrogen and oxygen atoms in total. The third-order valence-corrected chi connectivity index (χ3v) is 6.48. The molecule has 0 aliphatic carbocycles. The molecule has 176 valence electrons. The van der Waals surface area contributed by atoms with Gasteiger partial charge >= 0.3 is 0 Å². The molecule has 1 aliphatic heterocycles. The largest absolute Gasteiger partial charge is 0.489 e. The van der Waals surface area contributed by atoms with Crippen molar-refractivity contribution in [3.8, 4) is 11.8 Å². The molecular formula is C29H21N3O3S. The van der Waals surface area contributed by atoms with Gasteiger partial charge in [-0.3, -0.25) is 9.69 Å². The van der Waals surface area contributed by atoms with Gasteiger partial charge in [-0.1, -0.05) is 48.5 Å². The average Bonchev–Trinajstić information content (AvgIpc) is 3.53. The van der Waals surface area contributed by atoms with Gasteiger partial charge in [-0.15, -0.1) is 0 Å². The van der Waals surface area contributed by atoms with Crippen LogP contribution in [0, 0.1) is 11.3 Å². The van der Waals surface area contributed by atoms with Crippen LogP contribution in [0.2, 0.25) is 0 Å². The number of rotatable bonds is 7. The lowest BCUT2D eigenvalue weighted by molar-refractivity contribution is -0.122. The predicted octanol–water partition coefficient (Wildman–Crippen LogP) is 6.53. The van der Waals surface area contributed by atoms with Gasteiger partial charge in [0.2, 0.25) is 0 Å². The zero-order valence-corrected chi connectivity index (χ0v) is 20.0. The second kappa shape index (κ2) is 10.8. The molecule has 4 aromatic rings. The van der Waals surface area contributed by atoms with E-state index in [4.69, 9.17) is 14.1 Å². The second-order valence-corrected chi connectivity index (χ2v) is 8.95. The molecule has 5 rings (SSSR count). The van der Waals surface area contributed by atoms with E-state index in [1.165, 1.54) is 11.8 Å². The number of amides is 1. The molecule has 1 amide bonds. The Morgan fingerprint density at radius 2 is 1.75 bits per heavy atom. The standard InChI is InChI=1S/C29H21N3O3S/c30-18-22-7-4-5-8-23(22)20-35-25-14-12-21(13-15-25)17-27-28(33)32(19-26-11-6-16-34-26)29(36-27)31-24-9-2-1-3-10-24/h1-17H,19-20H2/b27-17-,31-29?. The summed E-state index contributed by atoms with van der Waals surface area (Å²) in [6, 6.07) is 30.2. The summed E-state index contributed by atoms with van der Waals surface area (Å²) in [5.41, 5.74) is 3.08. The van der Waals surface area contributed by atoms with Crippen molar-refractivity contribution in [1.29, 1.82) is 5.26 Å². The van der Waals surface area contributed by atoms with Gasteiger partial charge in [-0.05, 0) is 65.9 Å². The first kappa shape index (κ1) is 23.2. The highest BCUT2D eigenvalue weighted by molar-refractivity contribution is 8.18. The Balaban J connectivity index is 1.34. The lowest BCUT2D eigenvalue weighted by Gasteiger charge is -2.13. The molecule has 0 unspecified atom stereocenters. The van der Waals surface area contributed by atoms with Gasteiger partial charge in [0.1, 0.15) is 18.1 Å². The van der Waals surface area contributed by atoms with Crippen LogP contribution in [0.25, 0.3) is 6.08 Å². The summed E-state index contributed by atoms with van der Waals surface area (Å²) in [5.74, 6) is 1.24. The Bertz CT molecular complexity index is 1450. The average molecular weight is 492 g/mol. The number of aliphatic imine (C=N–C) groups is 1. The van der Waals surface area contributed by atoms with E-state index < -0.39 is 0 Å². The fraction of sp³-hybridized carbons (Fsp3) is 0.0690. The number of nitrogens with zero attached hydrogens (tertiary/aromatic N) is 3. The smallest absolute Gasteiger partial charge is 0.267 e. The fourth-order valence-corrected chi connectivity index (χ4v) is 4.63. The second-order valence-electron chi connectivity index (χ2n) is 7.94. The van der Waals surface area contributed by atoms with Crippen LogP contribution in [0.15, 0.2) is 112 Å². The molecule has 1 aliphatic rings. The number of hydrogen-bond acceptors (Lipinski definition) is 6. The Labute approximate surface area is 213 Å². The highest BCUT2D eigenvalue weighted by Crippen LogP contribution is 2.35. The molecule has 1 saturated heterocycles. The SMILES string of the molecule is N#Cc1ccccc1COc1ccc(/C=C2\SC(=Nc3ccccc3)N(Cc3ccco3)C2=O)cc1. The molecule has 0 bridgehead atoms. The number of para-hydroxylation sites is 1. The third kappa shape index (κ3) is 5.40. The highest BCUT2D eigenvalue weighted by atomic mass is 32.2. The van der Waals surface area contributed by atoms with Crippen molar-refractivity contribution < 1.29 is 13.9 Å². The molecule has 36 heavy (non-hydrogen) atoms. The van der Waals surface area contributed by atoms with Gasteiger partial charge in [0.25, 0.3) is 5.91 Å². The quantitative estimate of drug-likeness (QED) is 0.275.